The van der Waals surface area contributed by atoms with Crippen molar-refractivity contribution in [3.63, 3.8) is 0 Å². The van der Waals surface area contributed by atoms with E-state index in [-0.39, 0.29) is 5.91 Å². The quantitative estimate of drug-likeness (QED) is 0.310. The summed E-state index contributed by atoms with van der Waals surface area (Å²) in [7, 11) is 1.64. The Morgan fingerprint density at radius 3 is 2.50 bits per heavy atom. The lowest BCUT2D eigenvalue weighted by atomic mass is 10.0. The van der Waals surface area contributed by atoms with Crippen LogP contribution in [0.3, 0.4) is 0 Å². The fourth-order valence-electron chi connectivity index (χ4n) is 3.93. The summed E-state index contributed by atoms with van der Waals surface area (Å²) < 4.78 is 6.57. The molecule has 1 amide bonds. The molecule has 4 nitrogen and oxygen atoms in total. The first-order valence-electron chi connectivity index (χ1n) is 10.4. The van der Waals surface area contributed by atoms with Crippen molar-refractivity contribution >= 4 is 43.4 Å². The molecule has 0 radical (unpaired) electrons. The highest BCUT2D eigenvalue weighted by molar-refractivity contribution is 7.22. The summed E-state index contributed by atoms with van der Waals surface area (Å²) in [5.41, 5.74) is 3.61. The van der Waals surface area contributed by atoms with E-state index in [1.165, 1.54) is 11.3 Å². The summed E-state index contributed by atoms with van der Waals surface area (Å²) in [4.78, 5) is 20.6. The van der Waals surface area contributed by atoms with Crippen molar-refractivity contribution in [3.8, 4) is 5.75 Å². The number of amides is 1. The van der Waals surface area contributed by atoms with Crippen molar-refractivity contribution < 1.29 is 9.53 Å². The van der Waals surface area contributed by atoms with Gasteiger partial charge in [-0.2, -0.15) is 0 Å². The van der Waals surface area contributed by atoms with Crippen LogP contribution in [0.25, 0.3) is 21.0 Å². The van der Waals surface area contributed by atoms with Gasteiger partial charge >= 0.3 is 0 Å². The Kier molecular flexibility index (Phi) is 5.33. The molecule has 0 saturated carbocycles. The van der Waals surface area contributed by atoms with Crippen LogP contribution in [0, 0.1) is 6.92 Å². The number of rotatable bonds is 5. The molecule has 0 fully saturated rings. The second-order valence-electron chi connectivity index (χ2n) is 7.66. The molecule has 0 atom stereocenters. The average Bonchev–Trinajstić information content (AvgIpc) is 3.29. The van der Waals surface area contributed by atoms with Gasteiger partial charge in [-0.25, -0.2) is 4.98 Å². The molecule has 1 heterocycles. The largest absolute Gasteiger partial charge is 0.494 e. The fourth-order valence-corrected chi connectivity index (χ4v) is 4.98. The third kappa shape index (κ3) is 3.61. The summed E-state index contributed by atoms with van der Waals surface area (Å²) in [6.07, 6.45) is 0. The van der Waals surface area contributed by atoms with Gasteiger partial charge in [-0.15, -0.1) is 0 Å². The minimum Gasteiger partial charge on any atom is -0.494 e. The van der Waals surface area contributed by atoms with Crippen molar-refractivity contribution in [1.29, 1.82) is 0 Å². The molecule has 0 bridgehead atoms. The highest BCUT2D eigenvalue weighted by atomic mass is 32.1. The molecule has 5 aromatic rings. The Balaban J connectivity index is 1.67. The smallest absolute Gasteiger partial charge is 0.261 e. The van der Waals surface area contributed by atoms with E-state index in [9.17, 15) is 4.79 Å². The number of aromatic nitrogens is 1. The number of hydrogen-bond acceptors (Lipinski definition) is 4. The van der Waals surface area contributed by atoms with Crippen molar-refractivity contribution in [2.24, 2.45) is 0 Å². The van der Waals surface area contributed by atoms with Crippen LogP contribution >= 0.6 is 11.3 Å². The van der Waals surface area contributed by atoms with Crippen molar-refractivity contribution in [3.05, 3.63) is 102 Å². The second kappa shape index (κ2) is 8.44. The monoisotopic (exact) mass is 438 g/mol. The van der Waals surface area contributed by atoms with E-state index in [0.29, 0.717) is 23.0 Å². The lowest BCUT2D eigenvalue weighted by Crippen LogP contribution is -2.30. The van der Waals surface area contributed by atoms with Gasteiger partial charge in [-0.1, -0.05) is 84.1 Å². The van der Waals surface area contributed by atoms with Gasteiger partial charge in [0.15, 0.2) is 5.13 Å². The number of hydrogen-bond donors (Lipinski definition) is 0. The van der Waals surface area contributed by atoms with Gasteiger partial charge in [-0.3, -0.25) is 9.69 Å². The van der Waals surface area contributed by atoms with Gasteiger partial charge in [-0.05, 0) is 41.0 Å². The number of ether oxygens (including phenoxy) is 1. The zero-order chi connectivity index (χ0) is 22.1. The van der Waals surface area contributed by atoms with Crippen LogP contribution in [0.4, 0.5) is 5.13 Å². The van der Waals surface area contributed by atoms with Crippen LogP contribution in [0.15, 0.2) is 84.9 Å². The molecule has 5 heteroatoms. The van der Waals surface area contributed by atoms with Crippen LogP contribution in [-0.2, 0) is 6.54 Å². The molecule has 0 aliphatic heterocycles. The van der Waals surface area contributed by atoms with E-state index in [1.54, 1.807) is 12.0 Å². The predicted octanol–water partition coefficient (Wildman–Crippen LogP) is 6.61. The van der Waals surface area contributed by atoms with Crippen molar-refractivity contribution in [1.82, 2.24) is 4.98 Å². The fraction of sp³-hybridized carbons (Fsp3) is 0.111. The normalized spacial score (nSPS) is 11.1. The molecule has 1 aromatic heterocycles. The molecule has 0 spiro atoms. The number of nitrogens with zero attached hydrogens (tertiary/aromatic N) is 2. The Morgan fingerprint density at radius 2 is 1.69 bits per heavy atom. The molecule has 158 valence electrons. The van der Waals surface area contributed by atoms with E-state index in [0.717, 1.165) is 32.1 Å². The molecule has 32 heavy (non-hydrogen) atoms. The van der Waals surface area contributed by atoms with Crippen LogP contribution in [0.2, 0.25) is 0 Å². The number of thiazole rings is 1. The maximum Gasteiger partial charge on any atom is 0.261 e. The lowest BCUT2D eigenvalue weighted by molar-refractivity contribution is 0.0986. The number of carbonyl (C=O) groups is 1. The van der Waals surface area contributed by atoms with E-state index in [1.807, 2.05) is 84.9 Å². The Morgan fingerprint density at radius 1 is 0.938 bits per heavy atom. The molecule has 0 unspecified atom stereocenters. The first-order chi connectivity index (χ1) is 15.7. The van der Waals surface area contributed by atoms with Crippen molar-refractivity contribution in [2.45, 2.75) is 13.5 Å². The third-order valence-electron chi connectivity index (χ3n) is 5.59. The molecule has 4 aromatic carbocycles. The molecular formula is C27H22N2O2S. The molecule has 0 aliphatic rings. The summed E-state index contributed by atoms with van der Waals surface area (Å²) >= 11 is 1.52. The van der Waals surface area contributed by atoms with Gasteiger partial charge in [0.05, 0.1) is 18.4 Å². The first-order valence-corrected chi connectivity index (χ1v) is 11.2. The van der Waals surface area contributed by atoms with Gasteiger partial charge in [0, 0.05) is 5.56 Å². The van der Waals surface area contributed by atoms with E-state index in [2.05, 4.69) is 6.92 Å². The van der Waals surface area contributed by atoms with Gasteiger partial charge in [0.1, 0.15) is 11.3 Å². The topological polar surface area (TPSA) is 42.4 Å². The highest BCUT2D eigenvalue weighted by Gasteiger charge is 2.24. The molecule has 0 saturated heterocycles. The van der Waals surface area contributed by atoms with E-state index in [4.69, 9.17) is 9.72 Å². The Hall–Kier alpha value is -3.70. The van der Waals surface area contributed by atoms with Gasteiger partial charge < -0.3 is 4.74 Å². The number of anilines is 1. The average molecular weight is 439 g/mol. The summed E-state index contributed by atoms with van der Waals surface area (Å²) in [5, 5.41) is 2.64. The van der Waals surface area contributed by atoms with Crippen LogP contribution in [0.1, 0.15) is 21.5 Å². The van der Waals surface area contributed by atoms with E-state index < -0.39 is 0 Å². The second-order valence-corrected chi connectivity index (χ2v) is 8.64. The molecule has 0 N–H and O–H groups in total. The zero-order valence-corrected chi connectivity index (χ0v) is 18.7. The SMILES string of the molecule is COc1ccc(C)c2sc(N(Cc3ccccc3)C(=O)c3cccc4ccccc34)nc12. The standard InChI is InChI=1S/C27H22N2O2S/c1-18-15-16-23(31-2)24-25(18)32-27(28-24)29(17-19-9-4-3-5-10-19)26(30)22-14-8-12-20-11-6-7-13-21(20)22/h3-16H,17H2,1-2H3. The number of methoxy groups -OCH3 is 1. The third-order valence-corrected chi connectivity index (χ3v) is 6.81. The zero-order valence-electron chi connectivity index (χ0n) is 17.9. The van der Waals surface area contributed by atoms with E-state index >= 15 is 0 Å². The number of fused-ring (bicyclic) bond motifs is 2. The van der Waals surface area contributed by atoms with Gasteiger partial charge in [0.25, 0.3) is 5.91 Å². The Labute approximate surface area is 190 Å². The lowest BCUT2D eigenvalue weighted by Gasteiger charge is -2.21. The number of carbonyl (C=O) groups excluding carboxylic acids is 1. The van der Waals surface area contributed by atoms with Crippen LogP contribution in [-0.4, -0.2) is 18.0 Å². The molecule has 5 rings (SSSR count). The summed E-state index contributed by atoms with van der Waals surface area (Å²) in [5.74, 6) is 0.645. The van der Waals surface area contributed by atoms with Crippen LogP contribution < -0.4 is 9.64 Å². The van der Waals surface area contributed by atoms with Gasteiger partial charge in [0.2, 0.25) is 0 Å². The number of aryl methyl sites for hydroxylation is 1. The maximum absolute atomic E-state index is 13.9. The minimum atomic E-state index is -0.0682. The minimum absolute atomic E-state index is 0.0682. The first kappa shape index (κ1) is 20.2. The Bertz CT molecular complexity index is 1420. The molecule has 0 aliphatic carbocycles. The summed E-state index contributed by atoms with van der Waals surface area (Å²) in [6.45, 7) is 2.49. The molecular weight excluding hydrogens is 416 g/mol. The van der Waals surface area contributed by atoms with Crippen LogP contribution in [0.5, 0.6) is 5.75 Å². The van der Waals surface area contributed by atoms with Crippen molar-refractivity contribution in [2.75, 3.05) is 12.0 Å². The highest BCUT2D eigenvalue weighted by Crippen LogP contribution is 2.37. The predicted molar refractivity (Wildman–Crippen MR) is 132 cm³/mol. The number of benzene rings is 4. The maximum atomic E-state index is 13.9. The summed E-state index contributed by atoms with van der Waals surface area (Å²) in [6, 6.07) is 27.8.